The van der Waals surface area contributed by atoms with Crippen LogP contribution in [0.4, 0.5) is 0 Å². The summed E-state index contributed by atoms with van der Waals surface area (Å²) in [5, 5.41) is 7.92. The van der Waals surface area contributed by atoms with Gasteiger partial charge in [-0.3, -0.25) is 11.3 Å². The van der Waals surface area contributed by atoms with E-state index in [1.165, 1.54) is 0 Å². The molecule has 0 saturated carbocycles. The summed E-state index contributed by atoms with van der Waals surface area (Å²) in [6, 6.07) is 0. The first kappa shape index (κ1) is 9.28. The van der Waals surface area contributed by atoms with Gasteiger partial charge in [0.25, 0.3) is 0 Å². The topological polar surface area (TPSA) is 89.8 Å². The molecule has 0 saturated heterocycles. The minimum atomic E-state index is 0. The Labute approximate surface area is 36.2 Å². The maximum Gasteiger partial charge on any atom is 0.0569 e. The molecule has 0 aromatic heterocycles. The van der Waals surface area contributed by atoms with E-state index in [2.05, 4.69) is 5.43 Å². The second-order valence-electron chi connectivity index (χ2n) is 0.678. The van der Waals surface area contributed by atoms with E-state index in [4.69, 9.17) is 10.9 Å². The van der Waals surface area contributed by atoms with Crippen LogP contribution in [0.15, 0.2) is 0 Å². The number of nitrogens with two attached hydrogens (primary N) is 1. The molecular formula is C2H10N2O2. The van der Waals surface area contributed by atoms with E-state index in [0.29, 0.717) is 6.54 Å². The van der Waals surface area contributed by atoms with Gasteiger partial charge in [-0.15, -0.1) is 0 Å². The zero-order valence-electron chi connectivity index (χ0n) is 3.44. The molecular weight excluding hydrogens is 84.0 g/mol. The van der Waals surface area contributed by atoms with E-state index in [-0.39, 0.29) is 12.1 Å². The van der Waals surface area contributed by atoms with Crippen molar-refractivity contribution in [3.8, 4) is 0 Å². The molecule has 0 bridgehead atoms. The molecule has 0 aliphatic carbocycles. The number of nitrogens with one attached hydrogen (secondary N) is 1. The van der Waals surface area contributed by atoms with Crippen LogP contribution in [-0.2, 0) is 0 Å². The Morgan fingerprint density at radius 3 is 2.17 bits per heavy atom. The van der Waals surface area contributed by atoms with Crippen molar-refractivity contribution in [3.05, 3.63) is 0 Å². The minimum absolute atomic E-state index is 0. The van der Waals surface area contributed by atoms with Crippen molar-refractivity contribution in [1.29, 1.82) is 0 Å². The molecule has 4 heteroatoms. The van der Waals surface area contributed by atoms with Crippen molar-refractivity contribution in [2.75, 3.05) is 13.2 Å². The van der Waals surface area contributed by atoms with E-state index in [1.807, 2.05) is 0 Å². The van der Waals surface area contributed by atoms with Crippen LogP contribution < -0.4 is 11.3 Å². The Morgan fingerprint density at radius 1 is 1.67 bits per heavy atom. The molecule has 0 aromatic rings. The van der Waals surface area contributed by atoms with Gasteiger partial charge in [0.2, 0.25) is 0 Å². The van der Waals surface area contributed by atoms with Crippen LogP contribution in [0.25, 0.3) is 0 Å². The molecule has 0 aliphatic rings. The van der Waals surface area contributed by atoms with Crippen LogP contribution in [0.2, 0.25) is 0 Å². The Hall–Kier alpha value is -0.160. The van der Waals surface area contributed by atoms with Gasteiger partial charge in [-0.1, -0.05) is 0 Å². The summed E-state index contributed by atoms with van der Waals surface area (Å²) < 4.78 is 0. The number of rotatable bonds is 2. The Morgan fingerprint density at radius 2 is 2.17 bits per heavy atom. The molecule has 6 heavy (non-hydrogen) atoms. The average Bonchev–Trinajstić information content (AvgIpc) is 1.41. The van der Waals surface area contributed by atoms with E-state index < -0.39 is 0 Å². The molecule has 0 aromatic carbocycles. The maximum absolute atomic E-state index is 7.92. The number of aliphatic hydroxyl groups excluding tert-OH is 1. The highest BCUT2D eigenvalue weighted by Crippen LogP contribution is 1.39. The molecule has 6 N–H and O–H groups in total. The first-order valence-corrected chi connectivity index (χ1v) is 1.46. The molecule has 0 rings (SSSR count). The standard InChI is InChI=1S/C2H8N2O.H2O/c3-4-1-2-5;/h4-5H,1-3H2;1H2. The van der Waals surface area contributed by atoms with Gasteiger partial charge < -0.3 is 10.6 Å². The van der Waals surface area contributed by atoms with Crippen molar-refractivity contribution < 1.29 is 10.6 Å². The summed E-state index contributed by atoms with van der Waals surface area (Å²) in [5.74, 6) is 4.73. The molecule has 0 atom stereocenters. The molecule has 4 nitrogen and oxygen atoms in total. The highest BCUT2D eigenvalue weighted by molar-refractivity contribution is 4.24. The first-order valence-electron chi connectivity index (χ1n) is 1.46. The number of hydrazine groups is 1. The second kappa shape index (κ2) is 8.85. The molecule has 0 fully saturated rings. The molecule has 0 radical (unpaired) electrons. The normalized spacial score (nSPS) is 7.00. The molecule has 0 amide bonds. The Bertz CT molecular complexity index is 17.0. The summed E-state index contributed by atoms with van der Waals surface area (Å²) in [5.41, 5.74) is 2.27. The zero-order chi connectivity index (χ0) is 4.12. The van der Waals surface area contributed by atoms with Gasteiger partial charge in [-0.25, -0.2) is 0 Å². The summed E-state index contributed by atoms with van der Waals surface area (Å²) in [7, 11) is 0. The van der Waals surface area contributed by atoms with Crippen molar-refractivity contribution in [2.24, 2.45) is 5.84 Å². The fourth-order valence-corrected chi connectivity index (χ4v) is 0.0645. The second-order valence-corrected chi connectivity index (χ2v) is 0.678. The molecule has 0 spiro atoms. The predicted octanol–water partition coefficient (Wildman–Crippen LogP) is -2.38. The quantitative estimate of drug-likeness (QED) is 0.263. The molecule has 0 unspecified atom stereocenters. The highest BCUT2D eigenvalue weighted by atomic mass is 16.3. The zero-order valence-corrected chi connectivity index (χ0v) is 3.44. The minimum Gasteiger partial charge on any atom is -0.412 e. The fourth-order valence-electron chi connectivity index (χ4n) is 0.0645. The van der Waals surface area contributed by atoms with Gasteiger partial charge >= 0.3 is 0 Å². The molecule has 0 heterocycles. The number of hydrogen-bond acceptors (Lipinski definition) is 3. The van der Waals surface area contributed by atoms with E-state index in [9.17, 15) is 0 Å². The van der Waals surface area contributed by atoms with Gasteiger partial charge in [0.15, 0.2) is 0 Å². The molecule has 0 aliphatic heterocycles. The average molecular weight is 94.1 g/mol. The maximum atomic E-state index is 7.92. The van der Waals surface area contributed by atoms with Gasteiger partial charge in [-0.2, -0.15) is 0 Å². The largest absolute Gasteiger partial charge is 0.412 e. The van der Waals surface area contributed by atoms with Crippen molar-refractivity contribution >= 4 is 0 Å². The lowest BCUT2D eigenvalue weighted by atomic mass is 10.7. The lowest BCUT2D eigenvalue weighted by Crippen LogP contribution is -2.24. The van der Waals surface area contributed by atoms with E-state index in [1.54, 1.807) is 0 Å². The monoisotopic (exact) mass is 94.1 g/mol. The Balaban J connectivity index is 0. The van der Waals surface area contributed by atoms with Gasteiger partial charge in [0.1, 0.15) is 0 Å². The number of hydrogen-bond donors (Lipinski definition) is 3. The van der Waals surface area contributed by atoms with Crippen LogP contribution in [-0.4, -0.2) is 23.7 Å². The van der Waals surface area contributed by atoms with Crippen LogP contribution in [0.5, 0.6) is 0 Å². The van der Waals surface area contributed by atoms with Crippen molar-refractivity contribution in [2.45, 2.75) is 0 Å². The summed E-state index contributed by atoms with van der Waals surface area (Å²) >= 11 is 0. The smallest absolute Gasteiger partial charge is 0.0569 e. The SMILES string of the molecule is NNCCO.O. The summed E-state index contributed by atoms with van der Waals surface area (Å²) in [4.78, 5) is 0. The summed E-state index contributed by atoms with van der Waals surface area (Å²) in [6.45, 7) is 0.580. The predicted molar refractivity (Wildman–Crippen MR) is 22.9 cm³/mol. The first-order chi connectivity index (χ1) is 2.41. The van der Waals surface area contributed by atoms with E-state index in [0.717, 1.165) is 0 Å². The van der Waals surface area contributed by atoms with Crippen LogP contribution in [0.1, 0.15) is 0 Å². The summed E-state index contributed by atoms with van der Waals surface area (Å²) in [6.07, 6.45) is 0. The van der Waals surface area contributed by atoms with Crippen molar-refractivity contribution in [3.63, 3.8) is 0 Å². The third kappa shape index (κ3) is 9.15. The third-order valence-corrected chi connectivity index (χ3v) is 0.256. The third-order valence-electron chi connectivity index (χ3n) is 0.256. The van der Waals surface area contributed by atoms with E-state index >= 15 is 0 Å². The van der Waals surface area contributed by atoms with Crippen LogP contribution in [0.3, 0.4) is 0 Å². The van der Waals surface area contributed by atoms with Crippen molar-refractivity contribution in [1.82, 2.24) is 5.43 Å². The van der Waals surface area contributed by atoms with Gasteiger partial charge in [0, 0.05) is 6.54 Å². The Kier molecular flexibility index (Phi) is 13.7. The van der Waals surface area contributed by atoms with Crippen LogP contribution in [0, 0.1) is 0 Å². The number of aliphatic hydroxyl groups is 1. The van der Waals surface area contributed by atoms with Gasteiger partial charge in [0.05, 0.1) is 6.61 Å². The lowest BCUT2D eigenvalue weighted by molar-refractivity contribution is 0.293. The van der Waals surface area contributed by atoms with Crippen LogP contribution >= 0.6 is 0 Å². The highest BCUT2D eigenvalue weighted by Gasteiger charge is 1.66. The van der Waals surface area contributed by atoms with Gasteiger partial charge in [-0.05, 0) is 0 Å². The lowest BCUT2D eigenvalue weighted by Gasteiger charge is -1.84. The molecule has 40 valence electrons. The fraction of sp³-hybridized carbons (Fsp3) is 1.00.